The van der Waals surface area contributed by atoms with Crippen molar-refractivity contribution in [1.29, 1.82) is 0 Å². The Bertz CT molecular complexity index is 1060. The number of alkyl halides is 3. The lowest BCUT2D eigenvalue weighted by atomic mass is 10.2. The first kappa shape index (κ1) is 18.1. The average Bonchev–Trinajstić information content (AvgIpc) is 2.96. The van der Waals surface area contributed by atoms with Crippen molar-refractivity contribution in [3.63, 3.8) is 0 Å². The minimum Gasteiger partial charge on any atom is -0.349 e. The molecule has 4 rings (SSSR count). The van der Waals surface area contributed by atoms with E-state index in [0.29, 0.717) is 23.6 Å². The van der Waals surface area contributed by atoms with Crippen molar-refractivity contribution in [2.75, 3.05) is 23.3 Å². The number of halogens is 3. The highest BCUT2D eigenvalue weighted by molar-refractivity contribution is 5.95. The second kappa shape index (κ2) is 6.43. The van der Waals surface area contributed by atoms with E-state index >= 15 is 0 Å². The molecular weight excluding hydrogens is 375 g/mol. The number of rotatable bonds is 4. The number of aromatic nitrogens is 5. The van der Waals surface area contributed by atoms with Crippen LogP contribution in [0.1, 0.15) is 19.7 Å². The topological polar surface area (TPSA) is 88.8 Å². The zero-order valence-corrected chi connectivity index (χ0v) is 15.0. The van der Waals surface area contributed by atoms with Crippen LogP contribution in [0.5, 0.6) is 0 Å². The molecule has 0 radical (unpaired) electrons. The fraction of sp³-hybridized carbons (Fsp3) is 0.353. The Hall–Kier alpha value is -3.24. The molecule has 3 aromatic rings. The lowest BCUT2D eigenvalue weighted by Crippen LogP contribution is -2.48. The van der Waals surface area contributed by atoms with Gasteiger partial charge in [0.05, 0.1) is 24.0 Å². The molecule has 28 heavy (non-hydrogen) atoms. The average molecular weight is 391 g/mol. The molecule has 0 unspecified atom stereocenters. The molecule has 0 atom stereocenters. The van der Waals surface area contributed by atoms with Gasteiger partial charge in [-0.3, -0.25) is 4.79 Å². The van der Waals surface area contributed by atoms with Gasteiger partial charge < -0.3 is 10.2 Å². The van der Waals surface area contributed by atoms with E-state index in [1.165, 1.54) is 30.1 Å². The number of nitrogens with zero attached hydrogens (tertiary/aromatic N) is 6. The Morgan fingerprint density at radius 3 is 2.71 bits per heavy atom. The number of hydrogen-bond donors (Lipinski definition) is 1. The Labute approximate surface area is 157 Å². The maximum atomic E-state index is 13.6. The van der Waals surface area contributed by atoms with Gasteiger partial charge in [-0.15, -0.1) is 5.10 Å². The van der Waals surface area contributed by atoms with Crippen molar-refractivity contribution in [2.45, 2.75) is 25.9 Å². The molecule has 0 spiro atoms. The Balaban J connectivity index is 1.87. The number of anilines is 2. The van der Waals surface area contributed by atoms with Gasteiger partial charge in [0, 0.05) is 38.4 Å². The molecule has 1 saturated heterocycles. The summed E-state index contributed by atoms with van der Waals surface area (Å²) in [6.45, 7) is 2.41. The molecule has 0 bridgehead atoms. The smallest absolute Gasteiger partial charge is 0.303 e. The van der Waals surface area contributed by atoms with Crippen molar-refractivity contribution < 1.29 is 18.0 Å². The molecule has 1 aliphatic rings. The van der Waals surface area contributed by atoms with Gasteiger partial charge in [-0.1, -0.05) is 0 Å². The minimum atomic E-state index is -3.22. The number of hydrogen-bond acceptors (Lipinski definition) is 6. The number of pyridine rings is 1. The summed E-state index contributed by atoms with van der Waals surface area (Å²) in [4.78, 5) is 24.8. The lowest BCUT2D eigenvalue weighted by molar-refractivity contribution is -0.114. The standard InChI is InChI=1S/C17H16F3N7O/c1-9(28)23-13-5-12-11(6-22-13)15(26-7-10(18)8-26)25-27(12)14-3-4-21-16(24-14)17(2,19)20/h3-6,10H,7-8H2,1-2H3,(H,22,23,28). The molecule has 3 aromatic heterocycles. The van der Waals surface area contributed by atoms with Crippen LogP contribution >= 0.6 is 0 Å². The van der Waals surface area contributed by atoms with Gasteiger partial charge in [0.15, 0.2) is 11.6 Å². The first-order valence-electron chi connectivity index (χ1n) is 8.49. The summed E-state index contributed by atoms with van der Waals surface area (Å²) >= 11 is 0. The second-order valence-corrected chi connectivity index (χ2v) is 6.63. The quantitative estimate of drug-likeness (QED) is 0.735. The number of fused-ring (bicyclic) bond motifs is 1. The van der Waals surface area contributed by atoms with Crippen molar-refractivity contribution in [3.05, 3.63) is 30.4 Å². The van der Waals surface area contributed by atoms with E-state index in [1.54, 1.807) is 11.0 Å². The van der Waals surface area contributed by atoms with E-state index in [4.69, 9.17) is 0 Å². The van der Waals surface area contributed by atoms with Crippen molar-refractivity contribution in [2.24, 2.45) is 0 Å². The number of amides is 1. The Morgan fingerprint density at radius 1 is 1.32 bits per heavy atom. The summed E-state index contributed by atoms with van der Waals surface area (Å²) in [7, 11) is 0. The largest absolute Gasteiger partial charge is 0.349 e. The normalized spacial score (nSPS) is 15.0. The molecule has 0 saturated carbocycles. The van der Waals surface area contributed by atoms with Crippen LogP contribution in [-0.4, -0.2) is 49.9 Å². The van der Waals surface area contributed by atoms with Crippen molar-refractivity contribution >= 4 is 28.4 Å². The van der Waals surface area contributed by atoms with Gasteiger partial charge in [0.25, 0.3) is 0 Å². The third-order valence-corrected chi connectivity index (χ3v) is 4.24. The zero-order valence-electron chi connectivity index (χ0n) is 15.0. The van der Waals surface area contributed by atoms with Crippen LogP contribution in [0, 0.1) is 0 Å². The van der Waals surface area contributed by atoms with Gasteiger partial charge in [-0.05, 0) is 0 Å². The lowest BCUT2D eigenvalue weighted by Gasteiger charge is -2.34. The van der Waals surface area contributed by atoms with E-state index in [1.807, 2.05) is 0 Å². The van der Waals surface area contributed by atoms with Crippen LogP contribution in [0.2, 0.25) is 0 Å². The van der Waals surface area contributed by atoms with Gasteiger partial charge in [0.2, 0.25) is 11.7 Å². The van der Waals surface area contributed by atoms with E-state index in [-0.39, 0.29) is 30.6 Å². The van der Waals surface area contributed by atoms with Crippen LogP contribution < -0.4 is 10.2 Å². The summed E-state index contributed by atoms with van der Waals surface area (Å²) in [5.74, 6) is -3.30. The van der Waals surface area contributed by atoms with Gasteiger partial charge in [-0.2, -0.15) is 8.78 Å². The maximum Gasteiger partial charge on any atom is 0.303 e. The summed E-state index contributed by atoms with van der Waals surface area (Å²) in [6, 6.07) is 3.00. The molecule has 11 heteroatoms. The van der Waals surface area contributed by atoms with Crippen LogP contribution in [0.25, 0.3) is 16.7 Å². The summed E-state index contributed by atoms with van der Waals surface area (Å²) < 4.78 is 42.0. The molecule has 0 aliphatic carbocycles. The SMILES string of the molecule is CC(=O)Nc1cc2c(cn1)c(N1CC(F)C1)nn2-c1ccnc(C(C)(F)F)n1. The molecule has 146 valence electrons. The van der Waals surface area contributed by atoms with Crippen LogP contribution in [0.3, 0.4) is 0 Å². The fourth-order valence-electron chi connectivity index (χ4n) is 2.93. The number of carbonyl (C=O) groups excluding carboxylic acids is 1. The van der Waals surface area contributed by atoms with Crippen LogP contribution in [-0.2, 0) is 10.7 Å². The molecule has 1 fully saturated rings. The van der Waals surface area contributed by atoms with E-state index in [9.17, 15) is 18.0 Å². The van der Waals surface area contributed by atoms with Crippen LogP contribution in [0.4, 0.5) is 24.8 Å². The first-order valence-corrected chi connectivity index (χ1v) is 8.49. The molecule has 0 aromatic carbocycles. The molecule has 1 amide bonds. The third-order valence-electron chi connectivity index (χ3n) is 4.24. The highest BCUT2D eigenvalue weighted by atomic mass is 19.3. The first-order chi connectivity index (χ1) is 13.2. The van der Waals surface area contributed by atoms with E-state index < -0.39 is 17.9 Å². The fourth-order valence-corrected chi connectivity index (χ4v) is 2.93. The molecule has 8 nitrogen and oxygen atoms in total. The van der Waals surface area contributed by atoms with Gasteiger partial charge in [0.1, 0.15) is 12.0 Å². The van der Waals surface area contributed by atoms with Crippen molar-refractivity contribution in [1.82, 2.24) is 24.7 Å². The minimum absolute atomic E-state index is 0.125. The second-order valence-electron chi connectivity index (χ2n) is 6.63. The van der Waals surface area contributed by atoms with Crippen molar-refractivity contribution in [3.8, 4) is 5.82 Å². The third kappa shape index (κ3) is 3.23. The maximum absolute atomic E-state index is 13.6. The Morgan fingerprint density at radius 2 is 2.07 bits per heavy atom. The predicted octanol–water partition coefficient (Wildman–Crippen LogP) is 2.44. The molecular formula is C17H16F3N7O. The molecule has 4 heterocycles. The highest BCUT2D eigenvalue weighted by Gasteiger charge is 2.32. The van der Waals surface area contributed by atoms with Crippen LogP contribution in [0.15, 0.2) is 24.5 Å². The highest BCUT2D eigenvalue weighted by Crippen LogP contribution is 2.32. The summed E-state index contributed by atoms with van der Waals surface area (Å²) in [6.07, 6.45) is 1.78. The van der Waals surface area contributed by atoms with E-state index in [2.05, 4.69) is 25.4 Å². The number of carbonyl (C=O) groups is 1. The summed E-state index contributed by atoms with van der Waals surface area (Å²) in [5, 5.41) is 7.60. The predicted molar refractivity (Wildman–Crippen MR) is 95.4 cm³/mol. The van der Waals surface area contributed by atoms with Gasteiger partial charge >= 0.3 is 5.92 Å². The molecule has 1 N–H and O–H groups in total. The monoisotopic (exact) mass is 391 g/mol. The number of nitrogens with one attached hydrogen (secondary N) is 1. The zero-order chi connectivity index (χ0) is 20.1. The Kier molecular flexibility index (Phi) is 4.16. The molecule has 1 aliphatic heterocycles. The van der Waals surface area contributed by atoms with Gasteiger partial charge in [-0.25, -0.2) is 24.0 Å². The summed E-state index contributed by atoms with van der Waals surface area (Å²) in [5.41, 5.74) is 0.486. The van der Waals surface area contributed by atoms with E-state index in [0.717, 1.165) is 0 Å².